The van der Waals surface area contributed by atoms with Gasteiger partial charge in [0.2, 0.25) is 0 Å². The molecule has 14 heavy (non-hydrogen) atoms. The summed E-state index contributed by atoms with van der Waals surface area (Å²) in [6.45, 7) is 17.0. The summed E-state index contributed by atoms with van der Waals surface area (Å²) >= 11 is 0. The van der Waals surface area contributed by atoms with Gasteiger partial charge in [0.05, 0.1) is 0 Å². The van der Waals surface area contributed by atoms with Crippen molar-refractivity contribution < 1.29 is 4.43 Å². The molecular formula is C12H28OSi. The van der Waals surface area contributed by atoms with Crippen molar-refractivity contribution >= 4 is 8.32 Å². The summed E-state index contributed by atoms with van der Waals surface area (Å²) < 4.78 is 6.11. The Balaban J connectivity index is 3.89. The van der Waals surface area contributed by atoms with Gasteiger partial charge in [0.15, 0.2) is 8.32 Å². The Morgan fingerprint density at radius 2 is 1.71 bits per heavy atom. The molecule has 0 radical (unpaired) electrons. The smallest absolute Gasteiger partial charge is 0.191 e. The highest BCUT2D eigenvalue weighted by Gasteiger charge is 2.36. The highest BCUT2D eigenvalue weighted by Crippen LogP contribution is 2.36. The van der Waals surface area contributed by atoms with Gasteiger partial charge >= 0.3 is 0 Å². The van der Waals surface area contributed by atoms with Crippen molar-refractivity contribution in [1.82, 2.24) is 0 Å². The zero-order chi connectivity index (χ0) is 11.4. The summed E-state index contributed by atoms with van der Waals surface area (Å²) in [7, 11) is -1.48. The van der Waals surface area contributed by atoms with Gasteiger partial charge in [-0.25, -0.2) is 0 Å². The molecule has 0 bridgehead atoms. The van der Waals surface area contributed by atoms with Gasteiger partial charge in [-0.3, -0.25) is 0 Å². The van der Waals surface area contributed by atoms with E-state index in [2.05, 4.69) is 47.7 Å². The van der Waals surface area contributed by atoms with E-state index >= 15 is 0 Å². The molecule has 0 aromatic rings. The van der Waals surface area contributed by atoms with E-state index in [-0.39, 0.29) is 0 Å². The van der Waals surface area contributed by atoms with Crippen LogP contribution in [0.2, 0.25) is 18.1 Å². The third kappa shape index (κ3) is 4.60. The summed E-state index contributed by atoms with van der Waals surface area (Å²) in [5.74, 6) is 0.805. The van der Waals surface area contributed by atoms with Gasteiger partial charge in [-0.1, -0.05) is 41.0 Å². The predicted octanol–water partition coefficient (Wildman–Crippen LogP) is 4.44. The summed E-state index contributed by atoms with van der Waals surface area (Å²) in [5.41, 5.74) is 0. The van der Waals surface area contributed by atoms with Crippen molar-refractivity contribution in [1.29, 1.82) is 0 Å². The van der Waals surface area contributed by atoms with E-state index in [1.165, 1.54) is 12.8 Å². The zero-order valence-electron chi connectivity index (χ0n) is 11.1. The first-order valence-corrected chi connectivity index (χ1v) is 8.75. The fraction of sp³-hybridized carbons (Fsp3) is 1.00. The van der Waals surface area contributed by atoms with Crippen molar-refractivity contribution in [3.8, 4) is 0 Å². The quantitative estimate of drug-likeness (QED) is 0.617. The van der Waals surface area contributed by atoms with Crippen LogP contribution in [0, 0.1) is 5.92 Å². The van der Waals surface area contributed by atoms with Gasteiger partial charge < -0.3 is 4.43 Å². The molecule has 0 aliphatic heterocycles. The van der Waals surface area contributed by atoms with Crippen LogP contribution in [0.4, 0.5) is 0 Å². The first-order chi connectivity index (χ1) is 6.20. The van der Waals surface area contributed by atoms with E-state index in [1.54, 1.807) is 0 Å². The first kappa shape index (κ1) is 14.2. The molecular weight excluding hydrogens is 188 g/mol. The molecule has 86 valence electrons. The molecule has 1 unspecified atom stereocenters. The average Bonchev–Trinajstić information content (AvgIpc) is 2.01. The van der Waals surface area contributed by atoms with E-state index in [4.69, 9.17) is 4.43 Å². The summed E-state index contributed by atoms with van der Waals surface area (Å²) in [6, 6.07) is 0. The monoisotopic (exact) mass is 216 g/mol. The molecule has 1 atom stereocenters. The standard InChI is InChI=1S/C12H28OSi/c1-8-11(2)9-10-13-14(6,7)12(3,4)5/h11H,8-10H2,1-7H3. The lowest BCUT2D eigenvalue weighted by Crippen LogP contribution is -2.41. The van der Waals surface area contributed by atoms with Crippen LogP contribution in [-0.4, -0.2) is 14.9 Å². The molecule has 0 fully saturated rings. The SMILES string of the molecule is CCC(C)CCO[Si](C)(C)C(C)(C)C. The van der Waals surface area contributed by atoms with Crippen molar-refractivity contribution in [3.05, 3.63) is 0 Å². The van der Waals surface area contributed by atoms with Gasteiger partial charge in [-0.2, -0.15) is 0 Å². The van der Waals surface area contributed by atoms with Crippen molar-refractivity contribution in [2.75, 3.05) is 6.61 Å². The van der Waals surface area contributed by atoms with E-state index in [9.17, 15) is 0 Å². The van der Waals surface area contributed by atoms with Gasteiger partial charge in [-0.05, 0) is 30.5 Å². The predicted molar refractivity (Wildman–Crippen MR) is 67.2 cm³/mol. The highest BCUT2D eigenvalue weighted by molar-refractivity contribution is 6.74. The number of rotatable bonds is 5. The molecule has 0 N–H and O–H groups in total. The Morgan fingerprint density at radius 3 is 2.07 bits per heavy atom. The Hall–Kier alpha value is 0.177. The fourth-order valence-electron chi connectivity index (χ4n) is 0.936. The Kier molecular flexibility index (Phi) is 5.38. The van der Waals surface area contributed by atoms with E-state index < -0.39 is 8.32 Å². The lowest BCUT2D eigenvalue weighted by Gasteiger charge is -2.36. The largest absolute Gasteiger partial charge is 0.417 e. The molecule has 0 saturated carbocycles. The van der Waals surface area contributed by atoms with Gasteiger partial charge in [-0.15, -0.1) is 0 Å². The first-order valence-electron chi connectivity index (χ1n) is 5.84. The minimum Gasteiger partial charge on any atom is -0.417 e. The average molecular weight is 216 g/mol. The normalized spacial score (nSPS) is 15.6. The van der Waals surface area contributed by atoms with Crippen LogP contribution in [0.15, 0.2) is 0 Å². The van der Waals surface area contributed by atoms with Gasteiger partial charge in [0.25, 0.3) is 0 Å². The van der Waals surface area contributed by atoms with Crippen molar-refractivity contribution in [3.63, 3.8) is 0 Å². The van der Waals surface area contributed by atoms with Crippen LogP contribution in [0.3, 0.4) is 0 Å². The Labute approximate surface area is 91.4 Å². The minimum absolute atomic E-state index is 0.350. The topological polar surface area (TPSA) is 9.23 Å². The third-order valence-electron chi connectivity index (χ3n) is 3.58. The van der Waals surface area contributed by atoms with Crippen LogP contribution in [-0.2, 0) is 4.43 Å². The Morgan fingerprint density at radius 1 is 1.21 bits per heavy atom. The Bertz CT molecular complexity index is 158. The zero-order valence-corrected chi connectivity index (χ0v) is 12.1. The number of hydrogen-bond donors (Lipinski definition) is 0. The maximum Gasteiger partial charge on any atom is 0.191 e. The molecule has 0 saturated heterocycles. The highest BCUT2D eigenvalue weighted by atomic mass is 28.4. The second kappa shape index (κ2) is 5.31. The second-order valence-electron chi connectivity index (χ2n) is 5.91. The molecule has 0 rings (SSSR count). The lowest BCUT2D eigenvalue weighted by atomic mass is 10.1. The second-order valence-corrected chi connectivity index (χ2v) is 10.7. The maximum absolute atomic E-state index is 6.11. The fourth-order valence-corrected chi connectivity index (χ4v) is 2.00. The van der Waals surface area contributed by atoms with E-state index in [1.807, 2.05) is 0 Å². The minimum atomic E-state index is -1.48. The molecule has 0 amide bonds. The summed E-state index contributed by atoms with van der Waals surface area (Å²) in [4.78, 5) is 0. The van der Waals surface area contributed by atoms with Crippen LogP contribution >= 0.6 is 0 Å². The van der Waals surface area contributed by atoms with Crippen LogP contribution in [0.5, 0.6) is 0 Å². The van der Waals surface area contributed by atoms with E-state index in [0.717, 1.165) is 12.5 Å². The molecule has 2 heteroatoms. The summed E-state index contributed by atoms with van der Waals surface area (Å²) in [5, 5.41) is 0.350. The van der Waals surface area contributed by atoms with Crippen LogP contribution < -0.4 is 0 Å². The number of hydrogen-bond acceptors (Lipinski definition) is 1. The van der Waals surface area contributed by atoms with E-state index in [0.29, 0.717) is 5.04 Å². The van der Waals surface area contributed by atoms with Crippen LogP contribution in [0.1, 0.15) is 47.5 Å². The molecule has 0 aromatic carbocycles. The molecule has 0 heterocycles. The van der Waals surface area contributed by atoms with Crippen molar-refractivity contribution in [2.24, 2.45) is 5.92 Å². The lowest BCUT2D eigenvalue weighted by molar-refractivity contribution is 0.258. The van der Waals surface area contributed by atoms with Crippen molar-refractivity contribution in [2.45, 2.75) is 65.6 Å². The maximum atomic E-state index is 6.11. The van der Waals surface area contributed by atoms with Gasteiger partial charge in [0, 0.05) is 6.61 Å². The molecule has 0 aliphatic rings. The third-order valence-corrected chi connectivity index (χ3v) is 8.11. The molecule has 0 aromatic heterocycles. The summed E-state index contributed by atoms with van der Waals surface area (Å²) in [6.07, 6.45) is 2.48. The van der Waals surface area contributed by atoms with Crippen LogP contribution in [0.25, 0.3) is 0 Å². The molecule has 0 aliphatic carbocycles. The molecule has 0 spiro atoms. The van der Waals surface area contributed by atoms with Gasteiger partial charge in [0.1, 0.15) is 0 Å². The molecule has 1 nitrogen and oxygen atoms in total.